The van der Waals surface area contributed by atoms with Crippen LogP contribution in [0.1, 0.15) is 28.8 Å². The number of nitrogens with zero attached hydrogens (tertiary/aromatic N) is 1. The van der Waals surface area contributed by atoms with Crippen LogP contribution in [-0.2, 0) is 11.4 Å². The first-order valence-electron chi connectivity index (χ1n) is 10.3. The van der Waals surface area contributed by atoms with Crippen LogP contribution in [0.2, 0.25) is 5.02 Å². The van der Waals surface area contributed by atoms with Crippen molar-refractivity contribution in [2.45, 2.75) is 19.4 Å². The van der Waals surface area contributed by atoms with Crippen molar-refractivity contribution >= 4 is 34.8 Å². The van der Waals surface area contributed by atoms with Crippen molar-refractivity contribution in [3.05, 3.63) is 82.9 Å². The number of carbonyl (C=O) groups excluding carboxylic acids is 2. The van der Waals surface area contributed by atoms with Gasteiger partial charge < -0.3 is 19.7 Å². The molecule has 6 nitrogen and oxygen atoms in total. The number of benzene rings is 3. The van der Waals surface area contributed by atoms with Gasteiger partial charge in [0.1, 0.15) is 6.61 Å². The Labute approximate surface area is 191 Å². The molecular formula is C25H23ClN2O4. The van der Waals surface area contributed by atoms with E-state index in [1.54, 1.807) is 47.4 Å². The summed E-state index contributed by atoms with van der Waals surface area (Å²) >= 11 is 5.91. The third-order valence-electron chi connectivity index (χ3n) is 5.24. The van der Waals surface area contributed by atoms with Crippen molar-refractivity contribution in [1.29, 1.82) is 0 Å². The zero-order valence-corrected chi connectivity index (χ0v) is 18.4. The monoisotopic (exact) mass is 450 g/mol. The normalized spacial score (nSPS) is 13.2. The number of amides is 2. The second-order valence-corrected chi connectivity index (χ2v) is 7.87. The molecule has 164 valence electrons. The van der Waals surface area contributed by atoms with Gasteiger partial charge in [-0.05, 0) is 66.6 Å². The van der Waals surface area contributed by atoms with E-state index in [-0.39, 0.29) is 11.8 Å². The summed E-state index contributed by atoms with van der Waals surface area (Å²) in [4.78, 5) is 26.4. The molecule has 1 saturated heterocycles. The zero-order chi connectivity index (χ0) is 22.5. The van der Waals surface area contributed by atoms with Crippen molar-refractivity contribution in [2.75, 3.05) is 23.9 Å². The maximum Gasteiger partial charge on any atom is 0.255 e. The lowest BCUT2D eigenvalue weighted by Gasteiger charge is -2.16. The fourth-order valence-electron chi connectivity index (χ4n) is 3.52. The van der Waals surface area contributed by atoms with Crippen LogP contribution in [0.15, 0.2) is 66.7 Å². The number of nitrogens with one attached hydrogen (secondary N) is 1. The predicted molar refractivity (Wildman–Crippen MR) is 125 cm³/mol. The van der Waals surface area contributed by atoms with Gasteiger partial charge in [-0.3, -0.25) is 9.59 Å². The molecule has 1 fully saturated rings. The number of anilines is 2. The van der Waals surface area contributed by atoms with E-state index in [0.717, 1.165) is 24.2 Å². The molecule has 0 spiro atoms. The average Bonchev–Trinajstić information content (AvgIpc) is 3.25. The van der Waals surface area contributed by atoms with E-state index in [4.69, 9.17) is 21.1 Å². The predicted octanol–water partition coefficient (Wildman–Crippen LogP) is 5.31. The minimum Gasteiger partial charge on any atom is -0.493 e. The van der Waals surface area contributed by atoms with E-state index in [2.05, 4.69) is 5.32 Å². The maximum atomic E-state index is 12.7. The Morgan fingerprint density at radius 3 is 2.44 bits per heavy atom. The fraction of sp³-hybridized carbons (Fsp3) is 0.200. The number of hydrogen-bond donors (Lipinski definition) is 1. The van der Waals surface area contributed by atoms with E-state index in [0.29, 0.717) is 40.8 Å². The fourth-order valence-corrected chi connectivity index (χ4v) is 3.64. The molecule has 1 aliphatic heterocycles. The molecule has 0 atom stereocenters. The molecule has 0 unspecified atom stereocenters. The van der Waals surface area contributed by atoms with Gasteiger partial charge in [-0.1, -0.05) is 23.7 Å². The van der Waals surface area contributed by atoms with E-state index in [1.165, 1.54) is 7.11 Å². The Morgan fingerprint density at radius 2 is 1.78 bits per heavy atom. The van der Waals surface area contributed by atoms with Crippen molar-refractivity contribution in [3.8, 4) is 11.5 Å². The molecule has 3 aromatic rings. The van der Waals surface area contributed by atoms with Gasteiger partial charge in [-0.2, -0.15) is 0 Å². The van der Waals surface area contributed by atoms with Crippen LogP contribution in [-0.4, -0.2) is 25.5 Å². The quantitative estimate of drug-likeness (QED) is 0.530. The summed E-state index contributed by atoms with van der Waals surface area (Å²) in [5.41, 5.74) is 2.90. The molecule has 0 radical (unpaired) electrons. The number of methoxy groups -OCH3 is 1. The van der Waals surface area contributed by atoms with Gasteiger partial charge in [-0.25, -0.2) is 0 Å². The summed E-state index contributed by atoms with van der Waals surface area (Å²) in [6.07, 6.45) is 1.46. The summed E-state index contributed by atoms with van der Waals surface area (Å²) in [5, 5.41) is 3.54. The molecule has 1 N–H and O–H groups in total. The average molecular weight is 451 g/mol. The highest BCUT2D eigenvalue weighted by atomic mass is 35.5. The Morgan fingerprint density at radius 1 is 1.03 bits per heavy atom. The lowest BCUT2D eigenvalue weighted by Crippen LogP contribution is -2.23. The second-order valence-electron chi connectivity index (χ2n) is 7.43. The first-order chi connectivity index (χ1) is 15.5. The van der Waals surface area contributed by atoms with Gasteiger partial charge in [-0.15, -0.1) is 0 Å². The Bertz CT molecular complexity index is 1110. The molecule has 0 aliphatic carbocycles. The molecule has 1 heterocycles. The molecule has 0 bridgehead atoms. The third-order valence-corrected chi connectivity index (χ3v) is 5.50. The number of hydrogen-bond acceptors (Lipinski definition) is 4. The highest BCUT2D eigenvalue weighted by Gasteiger charge is 2.21. The van der Waals surface area contributed by atoms with Crippen molar-refractivity contribution in [1.82, 2.24) is 0 Å². The minimum absolute atomic E-state index is 0.132. The van der Waals surface area contributed by atoms with Gasteiger partial charge >= 0.3 is 0 Å². The molecular weight excluding hydrogens is 428 g/mol. The zero-order valence-electron chi connectivity index (χ0n) is 17.6. The van der Waals surface area contributed by atoms with Gasteiger partial charge in [0.25, 0.3) is 5.91 Å². The van der Waals surface area contributed by atoms with Crippen LogP contribution in [0, 0.1) is 0 Å². The molecule has 0 saturated carbocycles. The van der Waals surface area contributed by atoms with Crippen molar-refractivity contribution < 1.29 is 19.1 Å². The summed E-state index contributed by atoms with van der Waals surface area (Å²) in [6.45, 7) is 1.09. The van der Waals surface area contributed by atoms with Crippen molar-refractivity contribution in [2.24, 2.45) is 0 Å². The summed E-state index contributed by atoms with van der Waals surface area (Å²) in [7, 11) is 1.53. The van der Waals surface area contributed by atoms with Gasteiger partial charge in [0, 0.05) is 34.9 Å². The number of halogens is 1. The van der Waals surface area contributed by atoms with Crippen LogP contribution in [0.5, 0.6) is 11.5 Å². The van der Waals surface area contributed by atoms with Gasteiger partial charge in [0.2, 0.25) is 5.91 Å². The Hall–Kier alpha value is -3.51. The first-order valence-corrected chi connectivity index (χ1v) is 10.7. The van der Waals surface area contributed by atoms with Crippen molar-refractivity contribution in [3.63, 3.8) is 0 Å². The van der Waals surface area contributed by atoms with Crippen LogP contribution in [0.3, 0.4) is 0 Å². The second kappa shape index (κ2) is 9.75. The highest BCUT2D eigenvalue weighted by Crippen LogP contribution is 2.30. The lowest BCUT2D eigenvalue weighted by atomic mass is 10.1. The van der Waals surface area contributed by atoms with Gasteiger partial charge in [0.15, 0.2) is 11.5 Å². The molecule has 0 aromatic heterocycles. The molecule has 7 heteroatoms. The van der Waals surface area contributed by atoms with Crippen LogP contribution < -0.4 is 19.7 Å². The topological polar surface area (TPSA) is 67.9 Å². The van der Waals surface area contributed by atoms with Crippen LogP contribution in [0.4, 0.5) is 11.4 Å². The molecule has 3 aromatic carbocycles. The van der Waals surface area contributed by atoms with E-state index in [1.807, 2.05) is 24.3 Å². The largest absolute Gasteiger partial charge is 0.493 e. The lowest BCUT2D eigenvalue weighted by molar-refractivity contribution is -0.117. The van der Waals surface area contributed by atoms with Crippen LogP contribution >= 0.6 is 11.6 Å². The minimum atomic E-state index is -0.266. The number of ether oxygens (including phenoxy) is 2. The SMILES string of the molecule is COc1cc(C(=O)Nc2ccc(N3CCCC3=O)cc2)ccc1OCc1ccc(Cl)cc1. The highest BCUT2D eigenvalue weighted by molar-refractivity contribution is 6.30. The van der Waals surface area contributed by atoms with E-state index in [9.17, 15) is 9.59 Å². The smallest absolute Gasteiger partial charge is 0.255 e. The van der Waals surface area contributed by atoms with E-state index >= 15 is 0 Å². The third kappa shape index (κ3) is 5.03. The molecule has 32 heavy (non-hydrogen) atoms. The Kier molecular flexibility index (Phi) is 6.61. The summed E-state index contributed by atoms with van der Waals surface area (Å²) in [5.74, 6) is 0.873. The molecule has 2 amide bonds. The summed E-state index contributed by atoms with van der Waals surface area (Å²) in [6, 6.07) is 19.7. The first kappa shape index (κ1) is 21.7. The Balaban J connectivity index is 1.41. The summed E-state index contributed by atoms with van der Waals surface area (Å²) < 4.78 is 11.3. The van der Waals surface area contributed by atoms with E-state index < -0.39 is 0 Å². The van der Waals surface area contributed by atoms with Crippen LogP contribution in [0.25, 0.3) is 0 Å². The number of carbonyl (C=O) groups is 2. The standard InChI is InChI=1S/C25H23ClN2O4/c1-31-23-15-18(6-13-22(23)32-16-17-4-7-19(26)8-5-17)25(30)27-20-9-11-21(12-10-20)28-14-2-3-24(28)29/h4-13,15H,2-3,14,16H2,1H3,(H,27,30). The number of rotatable bonds is 7. The molecule has 4 rings (SSSR count). The molecule has 1 aliphatic rings. The maximum absolute atomic E-state index is 12.7. The van der Waals surface area contributed by atoms with Gasteiger partial charge in [0.05, 0.1) is 7.11 Å².